The summed E-state index contributed by atoms with van der Waals surface area (Å²) in [5, 5.41) is 2.96. The molecule has 0 atom stereocenters. The van der Waals surface area contributed by atoms with Gasteiger partial charge >= 0.3 is 6.18 Å². The number of piperidine rings is 1. The van der Waals surface area contributed by atoms with Crippen LogP contribution in [0.1, 0.15) is 55.7 Å². The van der Waals surface area contributed by atoms with E-state index in [1.807, 2.05) is 38.1 Å². The molecule has 216 valence electrons. The molecule has 8 heteroatoms. The molecular formula is C33H35F4N3O. The summed E-state index contributed by atoms with van der Waals surface area (Å²) in [7, 11) is 0. The van der Waals surface area contributed by atoms with Crippen LogP contribution in [0.15, 0.2) is 108 Å². The minimum Gasteiger partial charge on any atom is -0.371 e. The third kappa shape index (κ3) is 6.99. The summed E-state index contributed by atoms with van der Waals surface area (Å²) < 4.78 is 52.9. The number of hydrogen-bond donors (Lipinski definition) is 1. The Morgan fingerprint density at radius 2 is 1.68 bits per heavy atom. The largest absolute Gasteiger partial charge is 0.416 e. The van der Waals surface area contributed by atoms with Gasteiger partial charge in [-0.25, -0.2) is 4.39 Å². The van der Waals surface area contributed by atoms with E-state index in [0.717, 1.165) is 66.0 Å². The van der Waals surface area contributed by atoms with Crippen molar-refractivity contribution in [2.45, 2.75) is 51.7 Å². The summed E-state index contributed by atoms with van der Waals surface area (Å²) >= 11 is 0. The number of carbonyl (C=O) groups is 1. The Kier molecular flexibility index (Phi) is 9.21. The molecule has 4 nitrogen and oxygen atoms in total. The van der Waals surface area contributed by atoms with Gasteiger partial charge in [0.1, 0.15) is 11.5 Å². The SMILES string of the molecule is C=C(C)/C(CC)=C(/C(=O)NCc1ccc(N2CCC(c3ccc(C(F)(F)F)cc3)CC2)cc1)N1C=CC=C(F)C1=C. The first kappa shape index (κ1) is 29.9. The van der Waals surface area contributed by atoms with Crippen LogP contribution in [0.2, 0.25) is 0 Å². The van der Waals surface area contributed by atoms with Crippen LogP contribution in [-0.2, 0) is 17.5 Å². The molecule has 2 aliphatic rings. The summed E-state index contributed by atoms with van der Waals surface area (Å²) in [5.41, 5.74) is 4.13. The quantitative estimate of drug-likeness (QED) is 0.199. The Labute approximate surface area is 239 Å². The van der Waals surface area contributed by atoms with E-state index in [1.165, 1.54) is 17.1 Å². The molecule has 0 saturated carbocycles. The van der Waals surface area contributed by atoms with Gasteiger partial charge in [0, 0.05) is 31.5 Å². The molecule has 0 unspecified atom stereocenters. The van der Waals surface area contributed by atoms with Gasteiger partial charge in [-0.05, 0) is 85.2 Å². The van der Waals surface area contributed by atoms with Crippen LogP contribution < -0.4 is 10.2 Å². The van der Waals surface area contributed by atoms with Crippen LogP contribution >= 0.6 is 0 Å². The van der Waals surface area contributed by atoms with Crippen molar-refractivity contribution in [2.24, 2.45) is 0 Å². The summed E-state index contributed by atoms with van der Waals surface area (Å²) in [5.74, 6) is -0.624. The van der Waals surface area contributed by atoms with Crippen LogP contribution in [0.25, 0.3) is 0 Å². The zero-order valence-electron chi connectivity index (χ0n) is 23.4. The van der Waals surface area contributed by atoms with E-state index < -0.39 is 17.6 Å². The van der Waals surface area contributed by atoms with Gasteiger partial charge in [-0.1, -0.05) is 49.9 Å². The molecule has 4 rings (SSSR count). The Morgan fingerprint density at radius 3 is 2.24 bits per heavy atom. The maximum atomic E-state index is 14.3. The summed E-state index contributed by atoms with van der Waals surface area (Å²) in [6, 6.07) is 13.5. The second kappa shape index (κ2) is 12.6. The highest BCUT2D eigenvalue weighted by atomic mass is 19.4. The fourth-order valence-electron chi connectivity index (χ4n) is 5.29. The summed E-state index contributed by atoms with van der Waals surface area (Å²) in [4.78, 5) is 17.1. The lowest BCUT2D eigenvalue weighted by atomic mass is 9.88. The first-order valence-corrected chi connectivity index (χ1v) is 13.7. The van der Waals surface area contributed by atoms with Gasteiger partial charge in [0.25, 0.3) is 5.91 Å². The van der Waals surface area contributed by atoms with E-state index in [2.05, 4.69) is 23.4 Å². The van der Waals surface area contributed by atoms with E-state index in [-0.39, 0.29) is 24.1 Å². The second-order valence-corrected chi connectivity index (χ2v) is 10.4. The topological polar surface area (TPSA) is 35.6 Å². The number of halogens is 4. The molecule has 1 fully saturated rings. The van der Waals surface area contributed by atoms with Crippen molar-refractivity contribution in [3.05, 3.63) is 125 Å². The maximum absolute atomic E-state index is 14.3. The number of rotatable bonds is 8. The molecule has 2 aromatic carbocycles. The van der Waals surface area contributed by atoms with Gasteiger partial charge in [-0.2, -0.15) is 13.2 Å². The predicted octanol–water partition coefficient (Wildman–Crippen LogP) is 8.14. The number of anilines is 1. The molecule has 0 spiro atoms. The van der Waals surface area contributed by atoms with Crippen LogP contribution in [0.5, 0.6) is 0 Å². The van der Waals surface area contributed by atoms with Crippen molar-refractivity contribution in [1.82, 2.24) is 10.2 Å². The highest BCUT2D eigenvalue weighted by Gasteiger charge is 2.31. The average Bonchev–Trinajstić information content (AvgIpc) is 2.96. The van der Waals surface area contributed by atoms with E-state index in [0.29, 0.717) is 12.1 Å². The van der Waals surface area contributed by atoms with E-state index in [1.54, 1.807) is 18.3 Å². The van der Waals surface area contributed by atoms with Crippen LogP contribution in [0.4, 0.5) is 23.2 Å². The van der Waals surface area contributed by atoms with Crippen molar-refractivity contribution in [3.8, 4) is 0 Å². The van der Waals surface area contributed by atoms with E-state index >= 15 is 0 Å². The summed E-state index contributed by atoms with van der Waals surface area (Å²) in [6.45, 7) is 13.4. The molecule has 2 aliphatic heterocycles. The van der Waals surface area contributed by atoms with Gasteiger partial charge in [-0.3, -0.25) is 4.79 Å². The van der Waals surface area contributed by atoms with Crippen LogP contribution in [0.3, 0.4) is 0 Å². The molecule has 1 amide bonds. The smallest absolute Gasteiger partial charge is 0.371 e. The predicted molar refractivity (Wildman–Crippen MR) is 155 cm³/mol. The Bertz CT molecular complexity index is 1380. The number of benzene rings is 2. The zero-order chi connectivity index (χ0) is 29.7. The number of amides is 1. The summed E-state index contributed by atoms with van der Waals surface area (Å²) in [6.07, 6.45) is 2.39. The lowest BCUT2D eigenvalue weighted by Gasteiger charge is -2.34. The molecule has 2 heterocycles. The Balaban J connectivity index is 1.37. The standard InChI is InChI=1S/C33H35F4N3O/c1-5-29(22(2)3)31(40-18-6-7-30(34)23(40)4)32(41)38-21-24-8-14-28(15-9-24)39-19-16-26(17-20-39)25-10-12-27(13-11-25)33(35,36)37/h6-15,18,26H,2,4-5,16-17,19-21H2,1,3H3,(H,38,41)/b31-29-. The minimum absolute atomic E-state index is 0.0938. The van der Waals surface area contributed by atoms with Gasteiger partial charge < -0.3 is 15.1 Å². The minimum atomic E-state index is -4.32. The maximum Gasteiger partial charge on any atom is 0.416 e. The Hall–Kier alpha value is -4.07. The average molecular weight is 566 g/mol. The number of hydrogen-bond acceptors (Lipinski definition) is 3. The fourth-order valence-corrected chi connectivity index (χ4v) is 5.29. The number of nitrogens with zero attached hydrogens (tertiary/aromatic N) is 2. The monoisotopic (exact) mass is 565 g/mol. The molecule has 0 bridgehead atoms. The van der Waals surface area contributed by atoms with Crippen molar-refractivity contribution in [2.75, 3.05) is 18.0 Å². The number of nitrogens with one attached hydrogen (secondary N) is 1. The molecule has 2 aromatic rings. The molecule has 1 saturated heterocycles. The van der Waals surface area contributed by atoms with Gasteiger partial charge in [0.05, 0.1) is 11.3 Å². The normalized spacial score (nSPS) is 16.8. The number of carbonyl (C=O) groups excluding carboxylic acids is 1. The second-order valence-electron chi connectivity index (χ2n) is 10.4. The first-order valence-electron chi connectivity index (χ1n) is 13.7. The number of alkyl halides is 3. The van der Waals surface area contributed by atoms with Gasteiger partial charge in [0.15, 0.2) is 0 Å². The van der Waals surface area contributed by atoms with Crippen molar-refractivity contribution in [3.63, 3.8) is 0 Å². The highest BCUT2D eigenvalue weighted by Crippen LogP contribution is 2.34. The van der Waals surface area contributed by atoms with Gasteiger partial charge in [-0.15, -0.1) is 0 Å². The molecule has 1 N–H and O–H groups in total. The lowest BCUT2D eigenvalue weighted by molar-refractivity contribution is -0.137. The van der Waals surface area contributed by atoms with Crippen molar-refractivity contribution >= 4 is 11.6 Å². The van der Waals surface area contributed by atoms with E-state index in [4.69, 9.17) is 0 Å². The Morgan fingerprint density at radius 1 is 1.05 bits per heavy atom. The van der Waals surface area contributed by atoms with Crippen LogP contribution in [-0.4, -0.2) is 23.9 Å². The molecule has 0 aliphatic carbocycles. The highest BCUT2D eigenvalue weighted by molar-refractivity contribution is 5.95. The molecule has 41 heavy (non-hydrogen) atoms. The fraction of sp³-hybridized carbons (Fsp3) is 0.303. The zero-order valence-corrected chi connectivity index (χ0v) is 23.4. The molecule has 0 radical (unpaired) electrons. The van der Waals surface area contributed by atoms with Crippen molar-refractivity contribution < 1.29 is 22.4 Å². The van der Waals surface area contributed by atoms with Crippen LogP contribution in [0, 0.1) is 0 Å². The lowest BCUT2D eigenvalue weighted by Crippen LogP contribution is -2.34. The number of allylic oxidation sites excluding steroid dienone is 5. The third-order valence-electron chi connectivity index (χ3n) is 7.61. The third-order valence-corrected chi connectivity index (χ3v) is 7.61. The van der Waals surface area contributed by atoms with Gasteiger partial charge in [0.2, 0.25) is 0 Å². The molecule has 0 aromatic heterocycles. The first-order chi connectivity index (χ1) is 19.5. The molecular weight excluding hydrogens is 530 g/mol. The van der Waals surface area contributed by atoms with Crippen molar-refractivity contribution in [1.29, 1.82) is 0 Å². The van der Waals surface area contributed by atoms with E-state index in [9.17, 15) is 22.4 Å².